The molecule has 0 atom stereocenters. The van der Waals surface area contributed by atoms with Crippen LogP contribution in [-0.2, 0) is 20.6 Å². The second kappa shape index (κ2) is 10.2. The van der Waals surface area contributed by atoms with Gasteiger partial charge in [-0.2, -0.15) is 0 Å². The van der Waals surface area contributed by atoms with E-state index in [4.69, 9.17) is 23.2 Å². The maximum atomic E-state index is 13.1. The smallest absolute Gasteiger partial charge is 0.225 e. The van der Waals surface area contributed by atoms with Gasteiger partial charge in [0.05, 0.1) is 15.8 Å². The van der Waals surface area contributed by atoms with E-state index in [0.717, 1.165) is 5.69 Å². The van der Waals surface area contributed by atoms with Crippen LogP contribution in [0.4, 0.5) is 10.1 Å². The van der Waals surface area contributed by atoms with Crippen molar-refractivity contribution in [2.24, 2.45) is 5.92 Å². The van der Waals surface area contributed by atoms with Gasteiger partial charge < -0.3 is 9.80 Å². The molecule has 2 aromatic carbocycles. The summed E-state index contributed by atoms with van der Waals surface area (Å²) in [6, 6.07) is 11.2. The van der Waals surface area contributed by atoms with Crippen LogP contribution >= 0.6 is 23.2 Å². The summed E-state index contributed by atoms with van der Waals surface area (Å²) < 4.78 is 40.3. The van der Waals surface area contributed by atoms with Crippen LogP contribution in [-0.4, -0.2) is 62.8 Å². The van der Waals surface area contributed by atoms with Crippen LogP contribution in [0.25, 0.3) is 0 Å². The Kier molecular flexibility index (Phi) is 7.48. The first kappa shape index (κ1) is 24.3. The number of anilines is 1. The van der Waals surface area contributed by atoms with Crippen LogP contribution in [0.15, 0.2) is 42.5 Å². The van der Waals surface area contributed by atoms with E-state index in [0.29, 0.717) is 67.7 Å². The summed E-state index contributed by atoms with van der Waals surface area (Å²) in [5.74, 6) is -0.486. The lowest BCUT2D eigenvalue weighted by Crippen LogP contribution is -2.52. The van der Waals surface area contributed by atoms with Crippen LogP contribution in [0.5, 0.6) is 0 Å². The van der Waals surface area contributed by atoms with E-state index in [1.807, 2.05) is 4.90 Å². The van der Waals surface area contributed by atoms with Gasteiger partial charge >= 0.3 is 0 Å². The highest BCUT2D eigenvalue weighted by atomic mass is 35.5. The summed E-state index contributed by atoms with van der Waals surface area (Å²) in [6.45, 7) is 3.24. The third kappa shape index (κ3) is 5.80. The monoisotopic (exact) mass is 513 g/mol. The zero-order valence-corrected chi connectivity index (χ0v) is 20.4. The number of sulfonamides is 1. The molecule has 1 amide bonds. The normalized spacial score (nSPS) is 18.5. The number of hydrogen-bond acceptors (Lipinski definition) is 4. The molecule has 0 spiro atoms. The third-order valence-electron chi connectivity index (χ3n) is 6.31. The number of carbonyl (C=O) groups is 1. The summed E-state index contributed by atoms with van der Waals surface area (Å²) in [5.41, 5.74) is 1.53. The molecular weight excluding hydrogens is 488 g/mol. The number of piperidine rings is 1. The number of benzene rings is 2. The molecule has 2 aromatic rings. The lowest BCUT2D eigenvalue weighted by atomic mass is 9.96. The molecule has 0 unspecified atom stereocenters. The Hall–Kier alpha value is -1.87. The lowest BCUT2D eigenvalue weighted by Gasteiger charge is -2.39. The molecule has 4 rings (SSSR count). The van der Waals surface area contributed by atoms with Gasteiger partial charge in [0.2, 0.25) is 15.9 Å². The van der Waals surface area contributed by atoms with Gasteiger partial charge in [-0.3, -0.25) is 4.79 Å². The van der Waals surface area contributed by atoms with E-state index in [1.165, 1.54) is 16.4 Å². The number of rotatable bonds is 5. The van der Waals surface area contributed by atoms with E-state index in [9.17, 15) is 17.6 Å². The summed E-state index contributed by atoms with van der Waals surface area (Å²) in [4.78, 5) is 17.0. The highest BCUT2D eigenvalue weighted by molar-refractivity contribution is 7.88. The second-order valence-electron chi connectivity index (χ2n) is 8.47. The van der Waals surface area contributed by atoms with Crippen molar-refractivity contribution in [3.05, 3.63) is 63.9 Å². The fourth-order valence-corrected chi connectivity index (χ4v) is 6.28. The summed E-state index contributed by atoms with van der Waals surface area (Å²) >= 11 is 11.9. The first-order chi connectivity index (χ1) is 15.7. The van der Waals surface area contributed by atoms with Crippen molar-refractivity contribution >= 4 is 44.8 Å². The molecule has 0 saturated carbocycles. The van der Waals surface area contributed by atoms with E-state index in [-0.39, 0.29) is 23.4 Å². The first-order valence-electron chi connectivity index (χ1n) is 10.9. The van der Waals surface area contributed by atoms with Gasteiger partial charge in [-0.05, 0) is 54.8 Å². The van der Waals surface area contributed by atoms with Gasteiger partial charge in [0.25, 0.3) is 0 Å². The topological polar surface area (TPSA) is 60.9 Å². The predicted molar refractivity (Wildman–Crippen MR) is 129 cm³/mol. The lowest BCUT2D eigenvalue weighted by molar-refractivity contribution is -0.137. The molecule has 33 heavy (non-hydrogen) atoms. The van der Waals surface area contributed by atoms with Crippen LogP contribution in [0.1, 0.15) is 18.4 Å². The number of nitrogens with zero attached hydrogens (tertiary/aromatic N) is 3. The van der Waals surface area contributed by atoms with Crippen LogP contribution < -0.4 is 4.90 Å². The summed E-state index contributed by atoms with van der Waals surface area (Å²) in [7, 11) is -3.51. The third-order valence-corrected chi connectivity index (χ3v) is 8.90. The molecule has 0 aromatic heterocycles. The second-order valence-corrected chi connectivity index (χ2v) is 11.3. The zero-order chi connectivity index (χ0) is 23.6. The number of carbonyl (C=O) groups excluding carboxylic acids is 1. The first-order valence-corrected chi connectivity index (χ1v) is 13.3. The van der Waals surface area contributed by atoms with Gasteiger partial charge in [-0.25, -0.2) is 17.1 Å². The maximum absolute atomic E-state index is 13.1. The minimum Gasteiger partial charge on any atom is -0.368 e. The van der Waals surface area contributed by atoms with Crippen LogP contribution in [0.3, 0.4) is 0 Å². The van der Waals surface area contributed by atoms with E-state index >= 15 is 0 Å². The summed E-state index contributed by atoms with van der Waals surface area (Å²) in [5, 5.41) is 0.712. The largest absolute Gasteiger partial charge is 0.368 e. The van der Waals surface area contributed by atoms with Gasteiger partial charge in [-0.1, -0.05) is 29.3 Å². The van der Waals surface area contributed by atoms with Crippen molar-refractivity contribution in [1.82, 2.24) is 9.21 Å². The molecule has 0 N–H and O–H groups in total. The Morgan fingerprint density at radius 3 is 2.15 bits per heavy atom. The fraction of sp³-hybridized carbons (Fsp3) is 0.435. The highest BCUT2D eigenvalue weighted by Gasteiger charge is 2.34. The number of amides is 1. The van der Waals surface area contributed by atoms with Crippen molar-refractivity contribution in [2.75, 3.05) is 44.2 Å². The molecule has 6 nitrogen and oxygen atoms in total. The summed E-state index contributed by atoms with van der Waals surface area (Å²) in [6.07, 6.45) is 1.02. The molecular formula is C23H26Cl2FN3O3S. The van der Waals surface area contributed by atoms with E-state index < -0.39 is 10.0 Å². The molecule has 2 heterocycles. The number of halogens is 3. The molecule has 178 valence electrons. The fourth-order valence-electron chi connectivity index (χ4n) is 4.41. The van der Waals surface area contributed by atoms with Crippen LogP contribution in [0.2, 0.25) is 10.0 Å². The molecule has 0 bridgehead atoms. The van der Waals surface area contributed by atoms with Crippen molar-refractivity contribution < 1.29 is 17.6 Å². The Bertz CT molecular complexity index is 1100. The Labute approximate surface area is 203 Å². The average molecular weight is 514 g/mol. The molecule has 0 radical (unpaired) electrons. The Balaban J connectivity index is 1.28. The number of hydrogen-bond donors (Lipinski definition) is 0. The minimum atomic E-state index is -3.51. The molecule has 2 fully saturated rings. The molecule has 2 aliphatic rings. The van der Waals surface area contributed by atoms with Crippen molar-refractivity contribution in [1.29, 1.82) is 0 Å². The molecule has 2 aliphatic heterocycles. The Morgan fingerprint density at radius 2 is 1.55 bits per heavy atom. The van der Waals surface area contributed by atoms with Crippen molar-refractivity contribution in [3.63, 3.8) is 0 Å². The average Bonchev–Trinajstić information content (AvgIpc) is 2.81. The zero-order valence-electron chi connectivity index (χ0n) is 18.1. The van der Waals surface area contributed by atoms with E-state index in [1.54, 1.807) is 30.3 Å². The van der Waals surface area contributed by atoms with Gasteiger partial charge in [0, 0.05) is 50.9 Å². The Morgan fingerprint density at radius 1 is 0.909 bits per heavy atom. The maximum Gasteiger partial charge on any atom is 0.225 e. The SMILES string of the molecule is O=C(C1CCN(S(=O)(=O)Cc2ccc(Cl)c(Cl)c2)CC1)N1CCN(c2ccc(F)cc2)CC1. The minimum absolute atomic E-state index is 0.0929. The molecule has 0 aliphatic carbocycles. The molecule has 10 heteroatoms. The predicted octanol–water partition coefficient (Wildman–Crippen LogP) is 4.02. The van der Waals surface area contributed by atoms with Gasteiger partial charge in [0.1, 0.15) is 5.82 Å². The van der Waals surface area contributed by atoms with Crippen molar-refractivity contribution in [2.45, 2.75) is 18.6 Å². The van der Waals surface area contributed by atoms with E-state index in [2.05, 4.69) is 4.90 Å². The quantitative estimate of drug-likeness (QED) is 0.605. The highest BCUT2D eigenvalue weighted by Crippen LogP contribution is 2.27. The van der Waals surface area contributed by atoms with Crippen LogP contribution in [0, 0.1) is 11.7 Å². The van der Waals surface area contributed by atoms with Gasteiger partial charge in [-0.15, -0.1) is 0 Å². The van der Waals surface area contributed by atoms with Gasteiger partial charge in [0.15, 0.2) is 0 Å². The molecule has 2 saturated heterocycles. The number of piperazine rings is 1. The standard InChI is InChI=1S/C23H26Cl2FN3O3S/c24-21-6-1-17(15-22(21)25)16-33(31,32)29-9-7-18(8-10-29)23(30)28-13-11-27(12-14-28)20-4-2-19(26)3-5-20/h1-6,15,18H,7-14,16H2. The van der Waals surface area contributed by atoms with Crippen molar-refractivity contribution in [3.8, 4) is 0 Å².